The van der Waals surface area contributed by atoms with Crippen molar-refractivity contribution in [3.8, 4) is 0 Å². The van der Waals surface area contributed by atoms with E-state index in [0.717, 1.165) is 70.0 Å². The fourth-order valence-electron chi connectivity index (χ4n) is 3.70. The number of nitrogens with zero attached hydrogens (tertiary/aromatic N) is 1. The summed E-state index contributed by atoms with van der Waals surface area (Å²) in [5, 5.41) is 7.87. The minimum atomic E-state index is 0. The van der Waals surface area contributed by atoms with Crippen molar-refractivity contribution in [3.05, 3.63) is 0 Å². The Morgan fingerprint density at radius 1 is 1.19 bits per heavy atom. The normalized spacial score (nSPS) is 24.3. The Morgan fingerprint density at radius 2 is 2.00 bits per heavy atom. The molecule has 1 aliphatic carbocycles. The van der Waals surface area contributed by atoms with Gasteiger partial charge in [0.25, 0.3) is 0 Å². The van der Waals surface area contributed by atoms with Gasteiger partial charge >= 0.3 is 0 Å². The van der Waals surface area contributed by atoms with E-state index in [9.17, 15) is 0 Å². The third-order valence-corrected chi connectivity index (χ3v) is 6.36. The highest BCUT2D eigenvalue weighted by Gasteiger charge is 2.22. The summed E-state index contributed by atoms with van der Waals surface area (Å²) in [6.45, 7) is 9.60. The highest BCUT2D eigenvalue weighted by atomic mass is 127. The molecule has 2 aliphatic rings. The molecule has 5 nitrogen and oxygen atoms in total. The molecule has 7 heteroatoms. The van der Waals surface area contributed by atoms with Crippen LogP contribution in [-0.2, 0) is 9.47 Å². The molecule has 0 bridgehead atoms. The molecule has 0 aromatic carbocycles. The summed E-state index contributed by atoms with van der Waals surface area (Å²) < 4.78 is 11.2. The predicted molar refractivity (Wildman–Crippen MR) is 128 cm³/mol. The first kappa shape index (κ1) is 25.3. The first-order valence-electron chi connectivity index (χ1n) is 10.6. The van der Waals surface area contributed by atoms with Crippen LogP contribution < -0.4 is 10.6 Å². The molecule has 1 saturated heterocycles. The predicted octanol–water partition coefficient (Wildman–Crippen LogP) is 4.06. The van der Waals surface area contributed by atoms with Crippen molar-refractivity contribution in [2.45, 2.75) is 70.1 Å². The largest absolute Gasteiger partial charge is 0.381 e. The van der Waals surface area contributed by atoms with Crippen molar-refractivity contribution in [2.24, 2.45) is 10.9 Å². The Morgan fingerprint density at radius 3 is 2.74 bits per heavy atom. The minimum absolute atomic E-state index is 0. The molecule has 2 unspecified atom stereocenters. The molecule has 2 fully saturated rings. The molecule has 0 spiro atoms. The second-order valence-electron chi connectivity index (χ2n) is 7.33. The van der Waals surface area contributed by atoms with Gasteiger partial charge in [-0.3, -0.25) is 4.99 Å². The number of aliphatic imine (C=N–C) groups is 1. The number of halogens is 1. The number of thioether (sulfide) groups is 1. The Labute approximate surface area is 187 Å². The van der Waals surface area contributed by atoms with Crippen molar-refractivity contribution in [1.82, 2.24) is 10.6 Å². The second-order valence-corrected chi connectivity index (χ2v) is 8.91. The first-order chi connectivity index (χ1) is 12.8. The van der Waals surface area contributed by atoms with Crippen LogP contribution in [0.5, 0.6) is 0 Å². The van der Waals surface area contributed by atoms with Crippen molar-refractivity contribution in [3.63, 3.8) is 0 Å². The number of ether oxygens (including phenoxy) is 2. The van der Waals surface area contributed by atoms with E-state index in [1.807, 2.05) is 0 Å². The molecule has 27 heavy (non-hydrogen) atoms. The zero-order chi connectivity index (χ0) is 18.5. The van der Waals surface area contributed by atoms with Gasteiger partial charge in [-0.05, 0) is 57.1 Å². The molecule has 1 heterocycles. The SMILES string of the molecule is CCNC(=NCCCOCC1CCOCC1)NC1CCCC(SCC)C1.I. The second kappa shape index (κ2) is 16.1. The fourth-order valence-corrected chi connectivity index (χ4v) is 4.87. The van der Waals surface area contributed by atoms with E-state index >= 15 is 0 Å². The number of hydrogen-bond donors (Lipinski definition) is 2. The number of guanidine groups is 1. The Kier molecular flexibility index (Phi) is 15.1. The van der Waals surface area contributed by atoms with Gasteiger partial charge in [0, 0.05) is 50.8 Å². The average Bonchev–Trinajstić information content (AvgIpc) is 2.66. The van der Waals surface area contributed by atoms with Gasteiger partial charge in [-0.15, -0.1) is 24.0 Å². The van der Waals surface area contributed by atoms with Gasteiger partial charge in [-0.2, -0.15) is 11.8 Å². The average molecular weight is 514 g/mol. The maximum absolute atomic E-state index is 5.84. The summed E-state index contributed by atoms with van der Waals surface area (Å²) in [7, 11) is 0. The molecule has 0 aromatic rings. The van der Waals surface area contributed by atoms with Crippen LogP contribution in [0, 0.1) is 5.92 Å². The topological polar surface area (TPSA) is 54.9 Å². The monoisotopic (exact) mass is 513 g/mol. The molecule has 160 valence electrons. The lowest BCUT2D eigenvalue weighted by molar-refractivity contribution is 0.0205. The molecule has 1 aliphatic heterocycles. The lowest BCUT2D eigenvalue weighted by Gasteiger charge is -2.30. The maximum atomic E-state index is 5.84. The van der Waals surface area contributed by atoms with Crippen molar-refractivity contribution < 1.29 is 9.47 Å². The van der Waals surface area contributed by atoms with Crippen LogP contribution in [-0.4, -0.2) is 62.5 Å². The van der Waals surface area contributed by atoms with E-state index in [1.54, 1.807) is 0 Å². The summed E-state index contributed by atoms with van der Waals surface area (Å²) >= 11 is 2.11. The van der Waals surface area contributed by atoms with Crippen LogP contribution in [0.4, 0.5) is 0 Å². The zero-order valence-electron chi connectivity index (χ0n) is 17.2. The molecule has 2 rings (SSSR count). The lowest BCUT2D eigenvalue weighted by Crippen LogP contribution is -2.45. The van der Waals surface area contributed by atoms with Gasteiger partial charge in [0.05, 0.1) is 0 Å². The van der Waals surface area contributed by atoms with E-state index in [0.29, 0.717) is 12.0 Å². The van der Waals surface area contributed by atoms with Gasteiger partial charge in [-0.1, -0.05) is 13.3 Å². The standard InChI is InChI=1S/C20H39N3O2S.HI/c1-3-21-20(23-18-7-5-8-19(15-18)26-4-2)22-11-6-12-25-16-17-9-13-24-14-10-17;/h17-19H,3-16H2,1-2H3,(H2,21,22,23);1H. The third kappa shape index (κ3) is 11.1. The molecular formula is C20H40IN3O2S. The van der Waals surface area contributed by atoms with Crippen LogP contribution >= 0.6 is 35.7 Å². The number of rotatable bonds is 10. The maximum Gasteiger partial charge on any atom is 0.191 e. The summed E-state index contributed by atoms with van der Waals surface area (Å²) in [6.07, 6.45) is 8.50. The Hall–Kier alpha value is 0.270. The Bertz CT molecular complexity index is 393. The van der Waals surface area contributed by atoms with E-state index in [1.165, 1.54) is 31.4 Å². The molecule has 2 N–H and O–H groups in total. The van der Waals surface area contributed by atoms with Crippen LogP contribution in [0.1, 0.15) is 58.8 Å². The highest BCUT2D eigenvalue weighted by molar-refractivity contribution is 14.0. The van der Waals surface area contributed by atoms with Crippen molar-refractivity contribution in [1.29, 1.82) is 0 Å². The van der Waals surface area contributed by atoms with Gasteiger partial charge in [-0.25, -0.2) is 0 Å². The Balaban J connectivity index is 0.00000364. The van der Waals surface area contributed by atoms with Crippen molar-refractivity contribution >= 4 is 41.7 Å². The van der Waals surface area contributed by atoms with Gasteiger partial charge < -0.3 is 20.1 Å². The summed E-state index contributed by atoms with van der Waals surface area (Å²) in [5.41, 5.74) is 0. The van der Waals surface area contributed by atoms with Crippen LogP contribution in [0.15, 0.2) is 4.99 Å². The molecule has 0 radical (unpaired) electrons. The van der Waals surface area contributed by atoms with Crippen molar-refractivity contribution in [2.75, 3.05) is 45.3 Å². The summed E-state index contributed by atoms with van der Waals surface area (Å²) in [4.78, 5) is 4.75. The number of nitrogens with one attached hydrogen (secondary N) is 2. The molecular weight excluding hydrogens is 473 g/mol. The van der Waals surface area contributed by atoms with Gasteiger partial charge in [0.1, 0.15) is 0 Å². The summed E-state index contributed by atoms with van der Waals surface area (Å²) in [5.74, 6) is 2.88. The molecule has 0 amide bonds. The van der Waals surface area contributed by atoms with Gasteiger partial charge in [0.15, 0.2) is 5.96 Å². The third-order valence-electron chi connectivity index (χ3n) is 5.12. The quantitative estimate of drug-likeness (QED) is 0.200. The van der Waals surface area contributed by atoms with Crippen LogP contribution in [0.25, 0.3) is 0 Å². The van der Waals surface area contributed by atoms with E-state index in [-0.39, 0.29) is 24.0 Å². The van der Waals surface area contributed by atoms with Crippen LogP contribution in [0.2, 0.25) is 0 Å². The molecule has 0 aromatic heterocycles. The smallest absolute Gasteiger partial charge is 0.191 e. The van der Waals surface area contributed by atoms with E-state index in [4.69, 9.17) is 14.5 Å². The lowest BCUT2D eigenvalue weighted by atomic mass is 9.95. The molecule has 1 saturated carbocycles. The zero-order valence-corrected chi connectivity index (χ0v) is 20.4. The van der Waals surface area contributed by atoms with Gasteiger partial charge in [0.2, 0.25) is 0 Å². The minimum Gasteiger partial charge on any atom is -0.381 e. The fraction of sp³-hybridized carbons (Fsp3) is 0.950. The van der Waals surface area contributed by atoms with E-state index in [2.05, 4.69) is 36.2 Å². The van der Waals surface area contributed by atoms with Crippen LogP contribution in [0.3, 0.4) is 0 Å². The molecule has 2 atom stereocenters. The highest BCUT2D eigenvalue weighted by Crippen LogP contribution is 2.28. The first-order valence-corrected chi connectivity index (χ1v) is 11.7. The van der Waals surface area contributed by atoms with E-state index < -0.39 is 0 Å². The summed E-state index contributed by atoms with van der Waals surface area (Å²) in [6, 6.07) is 0.565. The number of hydrogen-bond acceptors (Lipinski definition) is 4.